The molecule has 1 aliphatic rings. The summed E-state index contributed by atoms with van der Waals surface area (Å²) in [5.41, 5.74) is 3.39. The molecule has 3 rings (SSSR count). The second kappa shape index (κ2) is 4.30. The first-order chi connectivity index (χ1) is 9.06. The molecule has 0 saturated heterocycles. The van der Waals surface area contributed by atoms with Gasteiger partial charge in [-0.05, 0) is 39.0 Å². The van der Waals surface area contributed by atoms with Gasteiger partial charge in [0.1, 0.15) is 11.4 Å². The lowest BCUT2D eigenvalue weighted by molar-refractivity contribution is 0.118. The van der Waals surface area contributed by atoms with Crippen LogP contribution in [0.2, 0.25) is 0 Å². The number of para-hydroxylation sites is 1. The van der Waals surface area contributed by atoms with E-state index in [9.17, 15) is 0 Å². The molecule has 1 unspecified atom stereocenters. The van der Waals surface area contributed by atoms with Gasteiger partial charge in [0.15, 0.2) is 0 Å². The molecule has 0 aliphatic carbocycles. The lowest BCUT2D eigenvalue weighted by Gasteiger charge is -2.28. The minimum Gasteiger partial charge on any atom is -0.485 e. The first-order valence-electron chi connectivity index (χ1n) is 6.67. The third-order valence-electron chi connectivity index (χ3n) is 3.66. The highest BCUT2D eigenvalue weighted by Gasteiger charge is 2.40. The highest BCUT2D eigenvalue weighted by molar-refractivity contribution is 5.52. The number of ether oxygens (including phenoxy) is 1. The predicted octanol–water partition coefficient (Wildman–Crippen LogP) is 4.32. The molecule has 1 atom stereocenters. The molecule has 0 radical (unpaired) electrons. The Kier molecular flexibility index (Phi) is 2.74. The average molecular weight is 253 g/mol. The van der Waals surface area contributed by atoms with Gasteiger partial charge >= 0.3 is 0 Å². The zero-order valence-electron chi connectivity index (χ0n) is 11.6. The van der Waals surface area contributed by atoms with Crippen molar-refractivity contribution in [2.45, 2.75) is 32.4 Å². The van der Waals surface area contributed by atoms with Gasteiger partial charge in [0, 0.05) is 11.3 Å². The van der Waals surface area contributed by atoms with Crippen LogP contribution in [0, 0.1) is 6.92 Å². The van der Waals surface area contributed by atoms with Crippen molar-refractivity contribution in [1.29, 1.82) is 0 Å². The van der Waals surface area contributed by atoms with Crippen LogP contribution in [0.4, 0.5) is 5.69 Å². The molecule has 1 heterocycles. The number of aryl methyl sites for hydroxylation is 1. The summed E-state index contributed by atoms with van der Waals surface area (Å²) >= 11 is 0. The van der Waals surface area contributed by atoms with Gasteiger partial charge in [-0.2, -0.15) is 0 Å². The molecule has 1 N–H and O–H groups in total. The number of anilines is 1. The SMILES string of the molecule is Cc1ccc(NC2c3ccccc3OC2(C)C)cc1. The van der Waals surface area contributed by atoms with E-state index in [0.717, 1.165) is 11.4 Å². The molecule has 0 fully saturated rings. The zero-order valence-corrected chi connectivity index (χ0v) is 11.6. The summed E-state index contributed by atoms with van der Waals surface area (Å²) < 4.78 is 6.04. The number of benzene rings is 2. The first kappa shape index (κ1) is 12.1. The number of rotatable bonds is 2. The smallest absolute Gasteiger partial charge is 0.128 e. The summed E-state index contributed by atoms with van der Waals surface area (Å²) in [5, 5.41) is 3.59. The van der Waals surface area contributed by atoms with Gasteiger partial charge in [-0.1, -0.05) is 35.9 Å². The molecule has 2 aromatic carbocycles. The van der Waals surface area contributed by atoms with Crippen LogP contribution in [0.1, 0.15) is 31.0 Å². The molecular formula is C17H19NO. The highest BCUT2D eigenvalue weighted by Crippen LogP contribution is 2.44. The van der Waals surface area contributed by atoms with E-state index in [-0.39, 0.29) is 11.6 Å². The van der Waals surface area contributed by atoms with Crippen molar-refractivity contribution in [2.75, 3.05) is 5.32 Å². The third kappa shape index (κ3) is 2.19. The monoisotopic (exact) mass is 253 g/mol. The van der Waals surface area contributed by atoms with E-state index in [0.29, 0.717) is 0 Å². The summed E-state index contributed by atoms with van der Waals surface area (Å²) in [6.45, 7) is 6.35. The van der Waals surface area contributed by atoms with Crippen LogP contribution in [0.15, 0.2) is 48.5 Å². The van der Waals surface area contributed by atoms with Crippen molar-refractivity contribution < 1.29 is 4.74 Å². The van der Waals surface area contributed by atoms with Gasteiger partial charge in [-0.15, -0.1) is 0 Å². The van der Waals surface area contributed by atoms with Crippen LogP contribution in [0.3, 0.4) is 0 Å². The van der Waals surface area contributed by atoms with Crippen LogP contribution in [-0.4, -0.2) is 5.60 Å². The average Bonchev–Trinajstić information content (AvgIpc) is 2.63. The van der Waals surface area contributed by atoms with Gasteiger partial charge in [0.2, 0.25) is 0 Å². The minimum atomic E-state index is -0.241. The molecular weight excluding hydrogens is 234 g/mol. The van der Waals surface area contributed by atoms with E-state index in [2.05, 4.69) is 62.5 Å². The predicted molar refractivity (Wildman–Crippen MR) is 78.7 cm³/mol. The summed E-state index contributed by atoms with van der Waals surface area (Å²) in [5.74, 6) is 0.983. The van der Waals surface area contributed by atoms with E-state index in [1.54, 1.807) is 0 Å². The minimum absolute atomic E-state index is 0.173. The molecule has 0 spiro atoms. The van der Waals surface area contributed by atoms with Gasteiger partial charge in [-0.3, -0.25) is 0 Å². The zero-order chi connectivity index (χ0) is 13.5. The topological polar surface area (TPSA) is 21.3 Å². The maximum Gasteiger partial charge on any atom is 0.128 e. The van der Waals surface area contributed by atoms with E-state index in [4.69, 9.17) is 4.74 Å². The van der Waals surface area contributed by atoms with Crippen LogP contribution in [0.5, 0.6) is 5.75 Å². The number of hydrogen-bond donors (Lipinski definition) is 1. The third-order valence-corrected chi connectivity index (χ3v) is 3.66. The van der Waals surface area contributed by atoms with Crippen molar-refractivity contribution in [3.8, 4) is 5.75 Å². The van der Waals surface area contributed by atoms with Gasteiger partial charge in [0.05, 0.1) is 6.04 Å². The molecule has 2 nitrogen and oxygen atoms in total. The van der Waals surface area contributed by atoms with Crippen molar-refractivity contribution >= 4 is 5.69 Å². The molecule has 1 aliphatic heterocycles. The summed E-state index contributed by atoms with van der Waals surface area (Å²) in [7, 11) is 0. The van der Waals surface area contributed by atoms with E-state index in [1.807, 2.05) is 12.1 Å². The van der Waals surface area contributed by atoms with Crippen molar-refractivity contribution in [1.82, 2.24) is 0 Å². The largest absolute Gasteiger partial charge is 0.485 e. The van der Waals surface area contributed by atoms with Crippen molar-refractivity contribution in [3.63, 3.8) is 0 Å². The standard InChI is InChI=1S/C17H19NO/c1-12-8-10-13(11-9-12)18-16-14-6-4-5-7-15(14)19-17(16,2)3/h4-11,16,18H,1-3H3. The van der Waals surface area contributed by atoms with Crippen LogP contribution in [-0.2, 0) is 0 Å². The molecule has 19 heavy (non-hydrogen) atoms. The fourth-order valence-corrected chi connectivity index (χ4v) is 2.60. The maximum absolute atomic E-state index is 6.04. The Morgan fingerprint density at radius 3 is 2.42 bits per heavy atom. The normalized spacial score (nSPS) is 19.6. The summed E-state index contributed by atoms with van der Waals surface area (Å²) in [4.78, 5) is 0. The molecule has 2 heteroatoms. The molecule has 2 aromatic rings. The Morgan fingerprint density at radius 2 is 1.68 bits per heavy atom. The Balaban J connectivity index is 1.93. The molecule has 0 amide bonds. The van der Waals surface area contributed by atoms with Crippen LogP contribution >= 0.6 is 0 Å². The first-order valence-corrected chi connectivity index (χ1v) is 6.67. The van der Waals surface area contributed by atoms with E-state index < -0.39 is 0 Å². The fourth-order valence-electron chi connectivity index (χ4n) is 2.60. The van der Waals surface area contributed by atoms with E-state index in [1.165, 1.54) is 11.1 Å². The lowest BCUT2D eigenvalue weighted by Crippen LogP contribution is -2.34. The number of nitrogens with one attached hydrogen (secondary N) is 1. The molecule has 0 saturated carbocycles. The number of hydrogen-bond acceptors (Lipinski definition) is 2. The fraction of sp³-hybridized carbons (Fsp3) is 0.294. The van der Waals surface area contributed by atoms with Crippen LogP contribution in [0.25, 0.3) is 0 Å². The lowest BCUT2D eigenvalue weighted by atomic mass is 9.94. The second-order valence-corrected chi connectivity index (χ2v) is 5.69. The molecule has 0 aromatic heterocycles. The quantitative estimate of drug-likeness (QED) is 0.860. The van der Waals surface area contributed by atoms with Crippen molar-refractivity contribution in [3.05, 3.63) is 59.7 Å². The Hall–Kier alpha value is -1.96. The van der Waals surface area contributed by atoms with E-state index >= 15 is 0 Å². The summed E-state index contributed by atoms with van der Waals surface area (Å²) in [6, 6.07) is 16.9. The molecule has 98 valence electrons. The number of fused-ring (bicyclic) bond motifs is 1. The Bertz CT molecular complexity index is 586. The van der Waals surface area contributed by atoms with Crippen molar-refractivity contribution in [2.24, 2.45) is 0 Å². The highest BCUT2D eigenvalue weighted by atomic mass is 16.5. The maximum atomic E-state index is 6.04. The second-order valence-electron chi connectivity index (χ2n) is 5.69. The summed E-state index contributed by atoms with van der Waals surface area (Å²) in [6.07, 6.45) is 0. The molecule has 0 bridgehead atoms. The van der Waals surface area contributed by atoms with Crippen LogP contribution < -0.4 is 10.1 Å². The van der Waals surface area contributed by atoms with Gasteiger partial charge < -0.3 is 10.1 Å². The Labute approximate surface area is 114 Å². The van der Waals surface area contributed by atoms with Gasteiger partial charge in [0.25, 0.3) is 0 Å². The Morgan fingerprint density at radius 1 is 1.00 bits per heavy atom. The van der Waals surface area contributed by atoms with Gasteiger partial charge in [-0.25, -0.2) is 0 Å².